The van der Waals surface area contributed by atoms with Crippen molar-refractivity contribution >= 4 is 0 Å². The smallest absolute Gasteiger partial charge is 0.420 e. The van der Waals surface area contributed by atoms with Gasteiger partial charge in [0.05, 0.1) is 0 Å². The maximum atomic E-state index is 13.0. The van der Waals surface area contributed by atoms with Crippen molar-refractivity contribution in [1.82, 2.24) is 0 Å². The first-order valence-corrected chi connectivity index (χ1v) is 6.53. The third-order valence-corrected chi connectivity index (χ3v) is 2.94. The highest BCUT2D eigenvalue weighted by Crippen LogP contribution is 2.38. The fourth-order valence-electron chi connectivity index (χ4n) is 1.95. The van der Waals surface area contributed by atoms with Crippen LogP contribution in [-0.2, 0) is 12.6 Å². The second kappa shape index (κ2) is 6.16. The average Bonchev–Trinajstić information content (AvgIpc) is 2.42. The summed E-state index contributed by atoms with van der Waals surface area (Å²) in [4.78, 5) is 0. The van der Waals surface area contributed by atoms with Crippen molar-refractivity contribution in [3.05, 3.63) is 59.4 Å². The first kappa shape index (κ1) is 15.4. The Morgan fingerprint density at radius 1 is 1.00 bits per heavy atom. The predicted molar refractivity (Wildman–Crippen MR) is 71.9 cm³/mol. The molecule has 21 heavy (non-hydrogen) atoms. The molecule has 112 valence electrons. The Kier molecular flexibility index (Phi) is 4.50. The van der Waals surface area contributed by atoms with Gasteiger partial charge in [-0.05, 0) is 42.3 Å². The molecule has 0 aliphatic heterocycles. The number of ether oxygens (including phenoxy) is 1. The lowest BCUT2D eigenvalue weighted by Crippen LogP contribution is -2.07. The number of hydrogen-bond acceptors (Lipinski definition) is 1. The van der Waals surface area contributed by atoms with Gasteiger partial charge in [0.2, 0.25) is 0 Å². The summed E-state index contributed by atoms with van der Waals surface area (Å²) in [6.45, 7) is 2.04. The van der Waals surface area contributed by atoms with E-state index in [0.717, 1.165) is 30.5 Å². The standard InChI is InChI=1S/C16H14F4O/c1-2-3-11-4-7-13(8-5-11)21-15-9-6-12(17)10-14(15)16(18,19)20/h4-10H,2-3H2,1H3. The van der Waals surface area contributed by atoms with Gasteiger partial charge in [-0.15, -0.1) is 0 Å². The molecule has 0 aromatic heterocycles. The van der Waals surface area contributed by atoms with Crippen LogP contribution in [0.3, 0.4) is 0 Å². The van der Waals surface area contributed by atoms with Crippen LogP contribution in [-0.4, -0.2) is 0 Å². The zero-order chi connectivity index (χ0) is 15.5. The van der Waals surface area contributed by atoms with Gasteiger partial charge in [-0.1, -0.05) is 25.5 Å². The minimum atomic E-state index is -4.67. The van der Waals surface area contributed by atoms with E-state index in [-0.39, 0.29) is 5.75 Å². The van der Waals surface area contributed by atoms with Crippen LogP contribution in [0.25, 0.3) is 0 Å². The second-order valence-corrected chi connectivity index (χ2v) is 4.63. The Labute approximate surface area is 120 Å². The summed E-state index contributed by atoms with van der Waals surface area (Å²) >= 11 is 0. The third kappa shape index (κ3) is 3.97. The maximum absolute atomic E-state index is 13.0. The Hall–Kier alpha value is -2.04. The SMILES string of the molecule is CCCc1ccc(Oc2ccc(F)cc2C(F)(F)F)cc1. The van der Waals surface area contributed by atoms with Gasteiger partial charge >= 0.3 is 6.18 Å². The zero-order valence-corrected chi connectivity index (χ0v) is 11.4. The Balaban J connectivity index is 2.27. The average molecular weight is 298 g/mol. The zero-order valence-electron chi connectivity index (χ0n) is 11.4. The van der Waals surface area contributed by atoms with Gasteiger partial charge in [0, 0.05) is 0 Å². The molecule has 2 aromatic carbocycles. The topological polar surface area (TPSA) is 9.23 Å². The van der Waals surface area contributed by atoms with Crippen LogP contribution in [0.4, 0.5) is 17.6 Å². The van der Waals surface area contributed by atoms with E-state index in [9.17, 15) is 17.6 Å². The van der Waals surface area contributed by atoms with Crippen LogP contribution in [0.1, 0.15) is 24.5 Å². The molecule has 2 rings (SSSR count). The van der Waals surface area contributed by atoms with E-state index >= 15 is 0 Å². The fourth-order valence-corrected chi connectivity index (χ4v) is 1.95. The van der Waals surface area contributed by atoms with Crippen molar-refractivity contribution in [2.75, 3.05) is 0 Å². The van der Waals surface area contributed by atoms with Crippen LogP contribution in [0.2, 0.25) is 0 Å². The maximum Gasteiger partial charge on any atom is 0.420 e. The number of aryl methyl sites for hydroxylation is 1. The predicted octanol–water partition coefficient (Wildman–Crippen LogP) is 5.59. The summed E-state index contributed by atoms with van der Waals surface area (Å²) in [5.74, 6) is -1.08. The number of benzene rings is 2. The molecule has 0 aliphatic carbocycles. The van der Waals surface area contributed by atoms with Crippen molar-refractivity contribution in [2.24, 2.45) is 0 Å². The summed E-state index contributed by atoms with van der Waals surface area (Å²) in [5.41, 5.74) is -0.0415. The summed E-state index contributed by atoms with van der Waals surface area (Å²) in [6.07, 6.45) is -2.79. The largest absolute Gasteiger partial charge is 0.457 e. The van der Waals surface area contributed by atoms with Crippen LogP contribution >= 0.6 is 0 Å². The van der Waals surface area contributed by atoms with Gasteiger partial charge in [0.1, 0.15) is 22.9 Å². The van der Waals surface area contributed by atoms with Crippen molar-refractivity contribution in [3.63, 3.8) is 0 Å². The molecule has 0 unspecified atom stereocenters. The van der Waals surface area contributed by atoms with Crippen molar-refractivity contribution in [3.8, 4) is 11.5 Å². The molecule has 0 saturated heterocycles. The molecule has 0 amide bonds. The van der Waals surface area contributed by atoms with Crippen LogP contribution in [0, 0.1) is 5.82 Å². The monoisotopic (exact) mass is 298 g/mol. The molecule has 0 heterocycles. The fraction of sp³-hybridized carbons (Fsp3) is 0.250. The van der Waals surface area contributed by atoms with Gasteiger partial charge < -0.3 is 4.74 Å². The van der Waals surface area contributed by atoms with Gasteiger partial charge in [0.15, 0.2) is 0 Å². The van der Waals surface area contributed by atoms with Gasteiger partial charge in [-0.2, -0.15) is 13.2 Å². The van der Waals surface area contributed by atoms with Crippen molar-refractivity contribution < 1.29 is 22.3 Å². The van der Waals surface area contributed by atoms with Gasteiger partial charge in [-0.25, -0.2) is 4.39 Å². The molecule has 0 spiro atoms. The normalized spacial score (nSPS) is 11.5. The summed E-state index contributed by atoms with van der Waals surface area (Å²) < 4.78 is 56.8. The Morgan fingerprint density at radius 2 is 1.67 bits per heavy atom. The molecular weight excluding hydrogens is 284 g/mol. The lowest BCUT2D eigenvalue weighted by Gasteiger charge is -2.14. The van der Waals surface area contributed by atoms with Crippen molar-refractivity contribution in [2.45, 2.75) is 25.9 Å². The first-order valence-electron chi connectivity index (χ1n) is 6.53. The van der Waals surface area contributed by atoms with Crippen LogP contribution in [0.15, 0.2) is 42.5 Å². The molecular formula is C16H14F4O. The highest BCUT2D eigenvalue weighted by Gasteiger charge is 2.35. The number of rotatable bonds is 4. The number of hydrogen-bond donors (Lipinski definition) is 0. The van der Waals surface area contributed by atoms with E-state index in [2.05, 4.69) is 0 Å². The lowest BCUT2D eigenvalue weighted by molar-refractivity contribution is -0.138. The molecule has 2 aromatic rings. The molecule has 0 saturated carbocycles. The molecule has 0 atom stereocenters. The third-order valence-electron chi connectivity index (χ3n) is 2.94. The summed E-state index contributed by atoms with van der Waals surface area (Å²) in [7, 11) is 0. The summed E-state index contributed by atoms with van der Waals surface area (Å²) in [6, 6.07) is 9.17. The Morgan fingerprint density at radius 3 is 2.24 bits per heavy atom. The molecule has 5 heteroatoms. The minimum Gasteiger partial charge on any atom is -0.457 e. The molecule has 0 fully saturated rings. The lowest BCUT2D eigenvalue weighted by atomic mass is 10.1. The Bertz CT molecular complexity index is 603. The summed E-state index contributed by atoms with van der Waals surface area (Å²) in [5, 5.41) is 0. The van der Waals surface area contributed by atoms with E-state index in [4.69, 9.17) is 4.74 Å². The van der Waals surface area contributed by atoms with Crippen LogP contribution in [0.5, 0.6) is 11.5 Å². The first-order chi connectivity index (χ1) is 9.90. The van der Waals surface area contributed by atoms with E-state index in [0.29, 0.717) is 6.07 Å². The molecule has 0 aliphatic rings. The van der Waals surface area contributed by atoms with E-state index in [1.54, 1.807) is 24.3 Å². The second-order valence-electron chi connectivity index (χ2n) is 4.63. The molecule has 0 bridgehead atoms. The molecule has 0 radical (unpaired) electrons. The van der Waals surface area contributed by atoms with E-state index in [1.165, 1.54) is 0 Å². The highest BCUT2D eigenvalue weighted by molar-refractivity contribution is 5.40. The van der Waals surface area contributed by atoms with Gasteiger partial charge in [0.25, 0.3) is 0 Å². The highest BCUT2D eigenvalue weighted by atomic mass is 19.4. The van der Waals surface area contributed by atoms with Crippen LogP contribution < -0.4 is 4.74 Å². The van der Waals surface area contributed by atoms with Crippen molar-refractivity contribution in [1.29, 1.82) is 0 Å². The quantitative estimate of drug-likeness (QED) is 0.669. The number of alkyl halides is 3. The number of halogens is 4. The molecule has 0 N–H and O–H groups in total. The molecule has 1 nitrogen and oxygen atoms in total. The van der Waals surface area contributed by atoms with Gasteiger partial charge in [-0.3, -0.25) is 0 Å². The van der Waals surface area contributed by atoms with E-state index in [1.807, 2.05) is 6.92 Å². The van der Waals surface area contributed by atoms with E-state index < -0.39 is 23.3 Å². The minimum absolute atomic E-state index is 0.284.